The number of fused-ring (bicyclic) bond motifs is 1. The van der Waals surface area contributed by atoms with E-state index in [0.29, 0.717) is 5.56 Å². The molecule has 0 aliphatic carbocycles. The Balaban J connectivity index is 0.000000187. The molecule has 37 heavy (non-hydrogen) atoms. The van der Waals surface area contributed by atoms with Crippen LogP contribution in [0, 0.1) is 20.8 Å². The number of halogens is 2. The van der Waals surface area contributed by atoms with Crippen molar-refractivity contribution in [1.82, 2.24) is 0 Å². The van der Waals surface area contributed by atoms with Crippen LogP contribution < -0.4 is 10.4 Å². The van der Waals surface area contributed by atoms with E-state index in [-0.39, 0.29) is 0 Å². The quantitative estimate of drug-likeness (QED) is 0.158. The first-order chi connectivity index (χ1) is 17.8. The minimum atomic E-state index is -0.593. The predicted octanol–water partition coefficient (Wildman–Crippen LogP) is 8.08. The minimum absolute atomic E-state index is 0.542. The number of hydrogen-bond donors (Lipinski definition) is 0. The van der Waals surface area contributed by atoms with E-state index in [2.05, 4.69) is 103 Å². The Bertz CT molecular complexity index is 1270. The Kier molecular flexibility index (Phi) is 14.2. The summed E-state index contributed by atoms with van der Waals surface area (Å²) in [4.78, 5) is 10.9. The summed E-state index contributed by atoms with van der Waals surface area (Å²) in [6.45, 7) is 5.71. The van der Waals surface area contributed by atoms with Gasteiger partial charge in [0, 0.05) is 5.56 Å². The maximum atomic E-state index is 10.9. The zero-order valence-electron chi connectivity index (χ0n) is 21.1. The van der Waals surface area contributed by atoms with Crippen LogP contribution >= 0.6 is 18.6 Å². The second-order valence-electron chi connectivity index (χ2n) is 8.19. The van der Waals surface area contributed by atoms with E-state index in [0.717, 1.165) is 26.2 Å². The van der Waals surface area contributed by atoms with Crippen molar-refractivity contribution in [2.45, 2.75) is 20.8 Å². The van der Waals surface area contributed by atoms with Gasteiger partial charge >= 0.3 is 35.6 Å². The Hall–Kier alpha value is -2.53. The number of nitrogens with one attached hydrogen (secondary N) is 1. The van der Waals surface area contributed by atoms with Crippen LogP contribution in [0.3, 0.4) is 0 Å². The molecule has 1 amide bonds. The van der Waals surface area contributed by atoms with Gasteiger partial charge in [-0.1, -0.05) is 94.8 Å². The molecule has 0 unspecified atom stereocenters. The first-order valence-electron chi connectivity index (χ1n) is 11.6. The van der Waals surface area contributed by atoms with Gasteiger partial charge in [0.2, 0.25) is 0 Å². The Labute approximate surface area is 239 Å². The Morgan fingerprint density at radius 3 is 1.68 bits per heavy atom. The van der Waals surface area contributed by atoms with Crippen LogP contribution in [-0.2, 0) is 17.0 Å². The Morgan fingerprint density at radius 2 is 1.22 bits per heavy atom. The molecule has 6 heteroatoms. The van der Waals surface area contributed by atoms with E-state index >= 15 is 0 Å². The van der Waals surface area contributed by atoms with Crippen LogP contribution in [0.1, 0.15) is 27.0 Å². The van der Waals surface area contributed by atoms with Crippen LogP contribution in [0.2, 0.25) is 0 Å². The van der Waals surface area contributed by atoms with E-state index in [1.807, 2.05) is 32.9 Å². The van der Waals surface area contributed by atoms with Crippen LogP contribution in [0.5, 0.6) is 0 Å². The molecule has 0 saturated heterocycles. The van der Waals surface area contributed by atoms with Gasteiger partial charge in [-0.3, -0.25) is 0 Å². The summed E-state index contributed by atoms with van der Waals surface area (Å²) in [6, 6.07) is 39.7. The topological polar surface area (TPSA) is 40.9 Å². The first kappa shape index (κ1) is 30.7. The van der Waals surface area contributed by atoms with Gasteiger partial charge in [0.05, 0.1) is 5.91 Å². The molecule has 1 N–H and O–H groups in total. The van der Waals surface area contributed by atoms with Crippen LogP contribution in [0.25, 0.3) is 16.5 Å². The fourth-order valence-corrected chi connectivity index (χ4v) is 4.87. The second-order valence-corrected chi connectivity index (χ2v) is 12.2. The third-order valence-electron chi connectivity index (χ3n) is 5.29. The molecular weight excluding hydrogens is 549 g/mol. The maximum Gasteiger partial charge on any atom is 0.121 e. The van der Waals surface area contributed by atoms with E-state index < -0.39 is 22.9 Å². The zero-order chi connectivity index (χ0) is 27.0. The normalized spacial score (nSPS) is 9.54. The van der Waals surface area contributed by atoms with Crippen molar-refractivity contribution >= 4 is 55.2 Å². The molecule has 5 rings (SSSR count). The van der Waals surface area contributed by atoms with Gasteiger partial charge in [0.1, 0.15) is 9.52 Å². The molecule has 5 aromatic rings. The van der Waals surface area contributed by atoms with Crippen molar-refractivity contribution in [3.8, 4) is 0 Å². The van der Waals surface area contributed by atoms with Crippen molar-refractivity contribution < 1.29 is 21.8 Å². The van der Waals surface area contributed by atoms with Crippen molar-refractivity contribution in [3.63, 3.8) is 0 Å². The first-order valence-corrected chi connectivity index (χ1v) is 16.9. The molecule has 0 saturated carbocycles. The molecule has 2 radical (unpaired) electrons. The summed E-state index contributed by atoms with van der Waals surface area (Å²) in [5, 5.41) is 5.46. The average Bonchev–Trinajstić information content (AvgIpc) is 3.35. The molecule has 0 aliphatic rings. The standard InChI is InChI=1S/C12H10Si.C10H13NO.C9H7.2ClH.Ti/c1-3-7-11(8-4-1)13-12-9-5-2-6-10-12;1-6-4-7(2)9(10(11)12)8(3)5-6;1-2-5-9-7-3-6-8(9)4-1;;;/h1-10H;4-5H,1-3H3,(H2,11,12);1-7H;2*1H;/q;;-1;;;+2/p-3. The van der Waals surface area contributed by atoms with Gasteiger partial charge < -0.3 is 10.5 Å². The monoisotopic (exact) mass is 577 g/mol. The number of carbonyl (C=O) groups is 1. The largest absolute Gasteiger partial charge is 0.168 e. The van der Waals surface area contributed by atoms with Crippen LogP contribution in [-0.4, -0.2) is 15.4 Å². The van der Waals surface area contributed by atoms with Crippen molar-refractivity contribution in [2.24, 2.45) is 0 Å². The second kappa shape index (κ2) is 17.1. The van der Waals surface area contributed by atoms with E-state index in [9.17, 15) is 4.79 Å². The number of aryl methyl sites for hydroxylation is 3. The zero-order valence-corrected chi connectivity index (χ0v) is 25.2. The van der Waals surface area contributed by atoms with Crippen LogP contribution in [0.4, 0.5) is 0 Å². The molecule has 0 spiro atoms. The molecule has 188 valence electrons. The maximum absolute atomic E-state index is 10.9. The van der Waals surface area contributed by atoms with Gasteiger partial charge in [-0.05, 0) is 31.9 Å². The summed E-state index contributed by atoms with van der Waals surface area (Å²) in [5.41, 5.74) is 10.5. The van der Waals surface area contributed by atoms with E-state index in [1.54, 1.807) is 0 Å². The third-order valence-corrected chi connectivity index (χ3v) is 6.53. The summed E-state index contributed by atoms with van der Waals surface area (Å²) < 4.78 is 0. The molecule has 0 atom stereocenters. The summed E-state index contributed by atoms with van der Waals surface area (Å²) in [6.07, 6.45) is 0. The van der Waals surface area contributed by atoms with Gasteiger partial charge in [0.15, 0.2) is 0 Å². The fourth-order valence-electron chi connectivity index (χ4n) is 3.82. The Morgan fingerprint density at radius 1 is 0.757 bits per heavy atom. The van der Waals surface area contributed by atoms with Crippen molar-refractivity contribution in [2.75, 3.05) is 0 Å². The van der Waals surface area contributed by atoms with E-state index in [4.69, 9.17) is 24.3 Å². The molecule has 0 bridgehead atoms. The number of amides is 1. The van der Waals surface area contributed by atoms with Crippen LogP contribution in [0.15, 0.2) is 115 Å². The molecule has 2 nitrogen and oxygen atoms in total. The molecule has 0 aromatic heterocycles. The molecule has 0 fully saturated rings. The van der Waals surface area contributed by atoms with Crippen molar-refractivity contribution in [3.05, 3.63) is 143 Å². The summed E-state index contributed by atoms with van der Waals surface area (Å²) in [5.74, 6) is -0.593. The summed E-state index contributed by atoms with van der Waals surface area (Å²) in [7, 11) is 10.6. The number of benzene rings is 4. The smallest absolute Gasteiger partial charge is 0.121 e. The van der Waals surface area contributed by atoms with E-state index in [1.165, 1.54) is 21.1 Å². The predicted molar refractivity (Wildman–Crippen MR) is 158 cm³/mol. The van der Waals surface area contributed by atoms with Gasteiger partial charge in [-0.15, -0.1) is 29.7 Å². The minimum Gasteiger partial charge on any atom is -0.168 e. The van der Waals surface area contributed by atoms with Gasteiger partial charge in [-0.2, -0.15) is 17.5 Å². The number of rotatable bonds is 3. The van der Waals surface area contributed by atoms with Gasteiger partial charge in [-0.25, -0.2) is 0 Å². The summed E-state index contributed by atoms with van der Waals surface area (Å²) >= 11 is -0.556. The van der Waals surface area contributed by atoms with Gasteiger partial charge in [0.25, 0.3) is 0 Å². The molecule has 0 heterocycles. The molecular formula is C31H29Cl2NOSiTi-2. The van der Waals surface area contributed by atoms with Crippen molar-refractivity contribution in [1.29, 1.82) is 0 Å². The third kappa shape index (κ3) is 11.2. The molecule has 0 aliphatic heterocycles. The number of hydrogen-bond acceptors (Lipinski definition) is 1. The molecule has 5 aromatic carbocycles. The number of carbonyl (C=O) groups excluding carboxylic acids is 1. The average molecular weight is 578 g/mol. The SMILES string of the molecule is Cc1cc(C)c(C([NH-])=O)c(C)c1.[Cl][Ti][Cl].c1ccc([Si]c2ccccc2)cc1.c1ccc2[cH-]ccc2c1. The fraction of sp³-hybridized carbons (Fsp3) is 0.0968.